The molecule has 1 spiro atoms. The third-order valence-electron chi connectivity index (χ3n) is 9.01. The van der Waals surface area contributed by atoms with Gasteiger partial charge in [-0.15, -0.1) is 0 Å². The van der Waals surface area contributed by atoms with Crippen LogP contribution < -0.4 is 0 Å². The van der Waals surface area contributed by atoms with Crippen molar-refractivity contribution in [3.63, 3.8) is 0 Å². The molecule has 0 aromatic carbocycles. The molecule has 4 heteroatoms. The van der Waals surface area contributed by atoms with Crippen LogP contribution in [-0.2, 0) is 14.4 Å². The molecule has 150 valence electrons. The van der Waals surface area contributed by atoms with Crippen LogP contribution in [0.2, 0.25) is 0 Å². The number of carboxylic acid groups (broad SMARTS) is 1. The Morgan fingerprint density at radius 2 is 1.86 bits per heavy atom. The van der Waals surface area contributed by atoms with Crippen molar-refractivity contribution in [2.24, 2.45) is 52.8 Å². The molecular formula is C24H30O4. The van der Waals surface area contributed by atoms with Crippen LogP contribution in [0.25, 0.3) is 0 Å². The van der Waals surface area contributed by atoms with Crippen molar-refractivity contribution >= 4 is 17.5 Å². The second-order valence-corrected chi connectivity index (χ2v) is 10.2. The molecule has 8 atom stereocenters. The number of allylic oxidation sites excluding steroid dienone is 4. The molecular weight excluding hydrogens is 352 g/mol. The van der Waals surface area contributed by atoms with Gasteiger partial charge in [0.05, 0.1) is 5.92 Å². The van der Waals surface area contributed by atoms with Gasteiger partial charge in [0.2, 0.25) is 0 Å². The summed E-state index contributed by atoms with van der Waals surface area (Å²) >= 11 is 0. The Labute approximate surface area is 166 Å². The molecule has 0 aromatic rings. The zero-order valence-corrected chi connectivity index (χ0v) is 16.8. The van der Waals surface area contributed by atoms with E-state index in [9.17, 15) is 19.5 Å². The van der Waals surface area contributed by atoms with Crippen LogP contribution in [-0.4, -0.2) is 22.6 Å². The van der Waals surface area contributed by atoms with Crippen LogP contribution in [0.3, 0.4) is 0 Å². The van der Waals surface area contributed by atoms with E-state index in [2.05, 4.69) is 19.9 Å². The van der Waals surface area contributed by atoms with Crippen molar-refractivity contribution in [2.45, 2.75) is 52.4 Å². The van der Waals surface area contributed by atoms with Gasteiger partial charge in [-0.3, -0.25) is 14.4 Å². The van der Waals surface area contributed by atoms with Gasteiger partial charge in [-0.1, -0.05) is 31.9 Å². The van der Waals surface area contributed by atoms with Crippen LogP contribution in [0.15, 0.2) is 23.8 Å². The maximum absolute atomic E-state index is 13.1. The Morgan fingerprint density at radius 1 is 1.11 bits per heavy atom. The highest BCUT2D eigenvalue weighted by atomic mass is 16.4. The molecule has 0 saturated heterocycles. The van der Waals surface area contributed by atoms with E-state index < -0.39 is 5.97 Å². The van der Waals surface area contributed by atoms with E-state index in [4.69, 9.17) is 0 Å². The Balaban J connectivity index is 1.62. The van der Waals surface area contributed by atoms with Gasteiger partial charge >= 0.3 is 5.97 Å². The van der Waals surface area contributed by atoms with Crippen LogP contribution >= 0.6 is 0 Å². The number of fused-ring (bicyclic) bond motifs is 1. The molecule has 28 heavy (non-hydrogen) atoms. The second kappa shape index (κ2) is 6.14. The van der Waals surface area contributed by atoms with Crippen molar-refractivity contribution in [1.82, 2.24) is 0 Å². The summed E-state index contributed by atoms with van der Waals surface area (Å²) in [6.07, 6.45) is 11.0. The Morgan fingerprint density at radius 3 is 2.57 bits per heavy atom. The van der Waals surface area contributed by atoms with Gasteiger partial charge in [-0.2, -0.15) is 0 Å². The third kappa shape index (κ3) is 2.26. The molecule has 6 aliphatic rings. The Kier molecular flexibility index (Phi) is 4.02. The molecule has 0 heterocycles. The molecule has 3 fully saturated rings. The van der Waals surface area contributed by atoms with E-state index in [1.807, 2.05) is 0 Å². The molecule has 0 radical (unpaired) electrons. The van der Waals surface area contributed by atoms with E-state index in [0.29, 0.717) is 17.8 Å². The second-order valence-electron chi connectivity index (χ2n) is 10.2. The van der Waals surface area contributed by atoms with Crippen LogP contribution in [0.4, 0.5) is 0 Å². The standard InChI is InChI=1S/C24H30O4/c1-12(2)17-11-24-9-8-13-14(4-3-5-15(13)23(27)28)18(24)10-16(17)21-19(25)6-7-20(26)22(21)24/h6-7,11-16,18,21-22H,3-5,8-10H2,1-2H3,(H,27,28)/t13-,14+,15-,16+,18+,21+,22-,24-/m1/s1. The highest BCUT2D eigenvalue weighted by molar-refractivity contribution is 6.08. The Bertz CT molecular complexity index is 805. The SMILES string of the molecule is CC(C)C1=C[C@]23CC[C@@H]4[C@H](CCC[C@H]4C(=O)O)[C@@H]2C[C@@H]1[C@H]1C(=O)C=CC(=O)[C@H]13. The van der Waals surface area contributed by atoms with Crippen LogP contribution in [0.5, 0.6) is 0 Å². The molecule has 2 bridgehead atoms. The van der Waals surface area contributed by atoms with Crippen molar-refractivity contribution in [3.05, 3.63) is 23.8 Å². The summed E-state index contributed by atoms with van der Waals surface area (Å²) in [5.41, 5.74) is 1.14. The summed E-state index contributed by atoms with van der Waals surface area (Å²) in [5, 5.41) is 9.76. The first-order valence-corrected chi connectivity index (χ1v) is 11.1. The minimum Gasteiger partial charge on any atom is -0.481 e. The summed E-state index contributed by atoms with van der Waals surface area (Å²) in [7, 11) is 0. The number of hydrogen-bond donors (Lipinski definition) is 1. The summed E-state index contributed by atoms with van der Waals surface area (Å²) in [5.74, 6) is 0.482. The predicted octanol–water partition coefficient (Wildman–Crippen LogP) is 4.06. The molecule has 4 nitrogen and oxygen atoms in total. The zero-order valence-electron chi connectivity index (χ0n) is 16.8. The minimum absolute atomic E-state index is 0.127. The normalized spacial score (nSPS) is 46.7. The number of carboxylic acids is 1. The first-order valence-electron chi connectivity index (χ1n) is 11.1. The smallest absolute Gasteiger partial charge is 0.306 e. The summed E-state index contributed by atoms with van der Waals surface area (Å²) in [4.78, 5) is 37.8. The molecule has 0 amide bonds. The van der Waals surface area contributed by atoms with Gasteiger partial charge in [0.1, 0.15) is 0 Å². The third-order valence-corrected chi connectivity index (χ3v) is 9.01. The monoisotopic (exact) mass is 382 g/mol. The van der Waals surface area contributed by atoms with Crippen LogP contribution in [0, 0.1) is 52.8 Å². The van der Waals surface area contributed by atoms with E-state index in [1.54, 1.807) is 0 Å². The average molecular weight is 383 g/mol. The van der Waals surface area contributed by atoms with Gasteiger partial charge in [0.25, 0.3) is 0 Å². The lowest BCUT2D eigenvalue weighted by atomic mass is 9.38. The molecule has 6 rings (SSSR count). The maximum Gasteiger partial charge on any atom is 0.306 e. The number of rotatable bonds is 2. The number of carbonyl (C=O) groups excluding carboxylic acids is 2. The van der Waals surface area contributed by atoms with E-state index in [1.165, 1.54) is 17.7 Å². The molecule has 0 unspecified atom stereocenters. The Hall–Kier alpha value is -1.71. The van der Waals surface area contributed by atoms with Gasteiger partial charge in [-0.25, -0.2) is 0 Å². The predicted molar refractivity (Wildman–Crippen MR) is 104 cm³/mol. The first kappa shape index (κ1) is 18.3. The van der Waals surface area contributed by atoms with Gasteiger partial charge in [0, 0.05) is 17.3 Å². The fraction of sp³-hybridized carbons (Fsp3) is 0.708. The van der Waals surface area contributed by atoms with Crippen LogP contribution in [0.1, 0.15) is 52.4 Å². The molecule has 0 aliphatic heterocycles. The van der Waals surface area contributed by atoms with E-state index in [0.717, 1.165) is 38.5 Å². The quantitative estimate of drug-likeness (QED) is 0.731. The zero-order chi connectivity index (χ0) is 19.8. The topological polar surface area (TPSA) is 71.4 Å². The van der Waals surface area contributed by atoms with E-state index in [-0.39, 0.29) is 46.6 Å². The first-order chi connectivity index (χ1) is 13.3. The average Bonchev–Trinajstić information content (AvgIpc) is 2.68. The fourth-order valence-corrected chi connectivity index (χ4v) is 8.10. The molecule has 3 saturated carbocycles. The lowest BCUT2D eigenvalue weighted by molar-refractivity contribution is -0.164. The fourth-order valence-electron chi connectivity index (χ4n) is 8.10. The highest BCUT2D eigenvalue weighted by Gasteiger charge is 2.66. The lowest BCUT2D eigenvalue weighted by Gasteiger charge is -2.65. The number of aliphatic carboxylic acids is 1. The molecule has 6 aliphatic carbocycles. The van der Waals surface area contributed by atoms with Crippen molar-refractivity contribution in [1.29, 1.82) is 0 Å². The summed E-state index contributed by atoms with van der Waals surface area (Å²) in [6.45, 7) is 4.40. The number of carbonyl (C=O) groups is 3. The highest BCUT2D eigenvalue weighted by Crippen LogP contribution is 2.69. The van der Waals surface area contributed by atoms with Crippen molar-refractivity contribution < 1.29 is 19.5 Å². The maximum atomic E-state index is 13.1. The number of ketones is 2. The lowest BCUT2D eigenvalue weighted by Crippen LogP contribution is -2.62. The summed E-state index contributed by atoms with van der Waals surface area (Å²) < 4.78 is 0. The molecule has 1 N–H and O–H groups in total. The van der Waals surface area contributed by atoms with Gasteiger partial charge in [0.15, 0.2) is 11.6 Å². The minimum atomic E-state index is -0.644. The number of hydrogen-bond acceptors (Lipinski definition) is 3. The van der Waals surface area contributed by atoms with Gasteiger partial charge in [-0.05, 0) is 73.8 Å². The van der Waals surface area contributed by atoms with Gasteiger partial charge < -0.3 is 5.11 Å². The van der Waals surface area contributed by atoms with Crippen molar-refractivity contribution in [2.75, 3.05) is 0 Å². The molecule has 0 aromatic heterocycles. The largest absolute Gasteiger partial charge is 0.481 e. The van der Waals surface area contributed by atoms with Crippen molar-refractivity contribution in [3.8, 4) is 0 Å². The summed E-state index contributed by atoms with van der Waals surface area (Å²) in [6, 6.07) is 0. The van der Waals surface area contributed by atoms with E-state index >= 15 is 0 Å².